The third kappa shape index (κ3) is 2.27. The Balaban J connectivity index is 2.19. The smallest absolute Gasteiger partial charge is 0.203 e. The number of nitrogens with zero attached hydrogens (tertiary/aromatic N) is 3. The van der Waals surface area contributed by atoms with Crippen LogP contribution in [0.5, 0.6) is 5.75 Å². The molecule has 0 amide bonds. The topological polar surface area (TPSA) is 87.1 Å². The zero-order valence-electron chi connectivity index (χ0n) is 12.5. The van der Waals surface area contributed by atoms with Crippen LogP contribution in [-0.4, -0.2) is 24.3 Å². The van der Waals surface area contributed by atoms with Crippen LogP contribution in [0.3, 0.4) is 0 Å². The Morgan fingerprint density at radius 1 is 1.18 bits per heavy atom. The summed E-state index contributed by atoms with van der Waals surface area (Å²) in [6, 6.07) is 8.96. The van der Waals surface area contributed by atoms with Crippen LogP contribution < -0.4 is 5.62 Å². The maximum atomic E-state index is 9.98. The molecule has 0 bridgehead atoms. The van der Waals surface area contributed by atoms with Gasteiger partial charge in [-0.25, -0.2) is 0 Å². The van der Waals surface area contributed by atoms with Crippen molar-refractivity contribution in [2.45, 2.75) is 20.1 Å². The molecular formula is C16H18N4O2. The van der Waals surface area contributed by atoms with Crippen molar-refractivity contribution in [1.82, 2.24) is 14.1 Å². The Labute approximate surface area is 127 Å². The Morgan fingerprint density at radius 3 is 2.68 bits per heavy atom. The van der Waals surface area contributed by atoms with Crippen LogP contribution in [0.2, 0.25) is 0 Å². The van der Waals surface area contributed by atoms with Crippen LogP contribution in [0, 0.1) is 12.3 Å². The number of imidazole rings is 1. The Bertz CT molecular complexity index is 908. The molecule has 0 saturated carbocycles. The number of benzene rings is 1. The van der Waals surface area contributed by atoms with E-state index in [4.69, 9.17) is 5.41 Å². The number of hydrogen-bond donors (Lipinski definition) is 3. The molecule has 0 aliphatic heterocycles. The fraction of sp³-hybridized carbons (Fsp3) is 0.250. The van der Waals surface area contributed by atoms with Gasteiger partial charge in [-0.1, -0.05) is 6.07 Å². The number of rotatable bonds is 3. The lowest BCUT2D eigenvalue weighted by Crippen LogP contribution is -2.23. The van der Waals surface area contributed by atoms with E-state index >= 15 is 0 Å². The van der Waals surface area contributed by atoms with Crippen molar-refractivity contribution in [2.75, 3.05) is 0 Å². The Kier molecular flexibility index (Phi) is 3.46. The third-order valence-electron chi connectivity index (χ3n) is 3.85. The highest BCUT2D eigenvalue weighted by atomic mass is 16.3. The third-order valence-corrected chi connectivity index (χ3v) is 3.85. The summed E-state index contributed by atoms with van der Waals surface area (Å²) in [5, 5.41) is 27.6. The van der Waals surface area contributed by atoms with E-state index in [2.05, 4.69) is 4.98 Å². The molecule has 6 heteroatoms. The number of fused-ring (bicyclic) bond motifs is 1. The van der Waals surface area contributed by atoms with Crippen molar-refractivity contribution in [1.29, 1.82) is 5.41 Å². The van der Waals surface area contributed by atoms with Crippen molar-refractivity contribution < 1.29 is 10.2 Å². The fourth-order valence-electron chi connectivity index (χ4n) is 2.61. The van der Waals surface area contributed by atoms with Crippen molar-refractivity contribution in [3.05, 3.63) is 52.9 Å². The van der Waals surface area contributed by atoms with Gasteiger partial charge in [-0.05, 0) is 36.8 Å². The molecule has 2 heterocycles. The van der Waals surface area contributed by atoms with E-state index < -0.39 is 0 Å². The van der Waals surface area contributed by atoms with Crippen LogP contribution in [-0.2, 0) is 20.2 Å². The quantitative estimate of drug-likeness (QED) is 0.683. The first kappa shape index (κ1) is 14.3. The number of hydrogen-bond acceptors (Lipinski definition) is 4. The Morgan fingerprint density at radius 2 is 1.95 bits per heavy atom. The average molecular weight is 298 g/mol. The van der Waals surface area contributed by atoms with E-state index in [0.717, 1.165) is 22.3 Å². The molecule has 2 aromatic heterocycles. The molecule has 0 spiro atoms. The molecule has 3 rings (SSSR count). The summed E-state index contributed by atoms with van der Waals surface area (Å²) in [6.07, 6.45) is 0. The predicted molar refractivity (Wildman–Crippen MR) is 82.4 cm³/mol. The molecule has 22 heavy (non-hydrogen) atoms. The molecule has 114 valence electrons. The van der Waals surface area contributed by atoms with Gasteiger partial charge in [0.05, 0.1) is 24.2 Å². The summed E-state index contributed by atoms with van der Waals surface area (Å²) in [4.78, 5) is 4.35. The highest BCUT2D eigenvalue weighted by Crippen LogP contribution is 2.19. The predicted octanol–water partition coefficient (Wildman–Crippen LogP) is 1.41. The molecule has 0 fully saturated rings. The summed E-state index contributed by atoms with van der Waals surface area (Å²) >= 11 is 0. The second-order valence-electron chi connectivity index (χ2n) is 5.37. The molecule has 6 nitrogen and oxygen atoms in total. The standard InChI is InChI=1S/C16H18N4O2/c1-10-3-6-15(22)12(18-10)8-20-14-7-11(9-21)4-5-13(14)19(2)16(20)17/h3-7,17,21-22H,8-9H2,1-2H3. The summed E-state index contributed by atoms with van der Waals surface area (Å²) in [5.41, 5.74) is 4.17. The molecule has 0 saturated heterocycles. The minimum Gasteiger partial charge on any atom is -0.506 e. The maximum absolute atomic E-state index is 9.98. The second kappa shape index (κ2) is 5.31. The van der Waals surface area contributed by atoms with Crippen molar-refractivity contribution in [3.8, 4) is 5.75 Å². The molecule has 3 N–H and O–H groups in total. The minimum absolute atomic E-state index is 0.0495. The highest BCUT2D eigenvalue weighted by Gasteiger charge is 2.12. The average Bonchev–Trinajstić information content (AvgIpc) is 2.75. The lowest BCUT2D eigenvalue weighted by atomic mass is 10.2. The molecule has 0 radical (unpaired) electrons. The summed E-state index contributed by atoms with van der Waals surface area (Å²) in [5.74, 6) is 0.118. The van der Waals surface area contributed by atoms with Gasteiger partial charge in [-0.3, -0.25) is 10.4 Å². The van der Waals surface area contributed by atoms with Crippen LogP contribution in [0.4, 0.5) is 0 Å². The van der Waals surface area contributed by atoms with Gasteiger partial charge >= 0.3 is 0 Å². The number of aryl methyl sites for hydroxylation is 2. The van der Waals surface area contributed by atoms with Gasteiger partial charge in [0.1, 0.15) is 11.4 Å². The van der Waals surface area contributed by atoms with E-state index in [0.29, 0.717) is 17.9 Å². The maximum Gasteiger partial charge on any atom is 0.203 e. The van der Waals surface area contributed by atoms with E-state index in [-0.39, 0.29) is 12.4 Å². The zero-order chi connectivity index (χ0) is 15.9. The van der Waals surface area contributed by atoms with Gasteiger partial charge in [-0.15, -0.1) is 0 Å². The van der Waals surface area contributed by atoms with Gasteiger partial charge in [0.15, 0.2) is 0 Å². The number of pyridine rings is 1. The number of aromatic hydroxyl groups is 1. The van der Waals surface area contributed by atoms with Crippen molar-refractivity contribution in [2.24, 2.45) is 7.05 Å². The van der Waals surface area contributed by atoms with Crippen LogP contribution in [0.25, 0.3) is 11.0 Å². The van der Waals surface area contributed by atoms with E-state index in [1.807, 2.05) is 32.2 Å². The second-order valence-corrected chi connectivity index (χ2v) is 5.37. The number of aromatic nitrogens is 3. The van der Waals surface area contributed by atoms with E-state index in [9.17, 15) is 10.2 Å². The van der Waals surface area contributed by atoms with E-state index in [1.165, 1.54) is 0 Å². The number of nitrogens with one attached hydrogen (secondary N) is 1. The lowest BCUT2D eigenvalue weighted by molar-refractivity contribution is 0.282. The first-order valence-corrected chi connectivity index (χ1v) is 7.00. The minimum atomic E-state index is -0.0495. The molecule has 1 aromatic carbocycles. The van der Waals surface area contributed by atoms with Crippen molar-refractivity contribution in [3.63, 3.8) is 0 Å². The van der Waals surface area contributed by atoms with Gasteiger partial charge in [-0.2, -0.15) is 0 Å². The highest BCUT2D eigenvalue weighted by molar-refractivity contribution is 5.77. The first-order valence-electron chi connectivity index (χ1n) is 7.00. The monoisotopic (exact) mass is 298 g/mol. The van der Waals surface area contributed by atoms with Crippen LogP contribution in [0.15, 0.2) is 30.3 Å². The normalized spacial score (nSPS) is 11.2. The molecule has 3 aromatic rings. The molecule has 0 unspecified atom stereocenters. The summed E-state index contributed by atoms with van der Waals surface area (Å²) in [6.45, 7) is 2.12. The summed E-state index contributed by atoms with van der Waals surface area (Å²) in [7, 11) is 1.82. The number of aliphatic hydroxyl groups is 1. The van der Waals surface area contributed by atoms with Gasteiger partial charge in [0.2, 0.25) is 5.62 Å². The van der Waals surface area contributed by atoms with Gasteiger partial charge < -0.3 is 19.3 Å². The first-order chi connectivity index (χ1) is 10.5. The van der Waals surface area contributed by atoms with E-state index in [1.54, 1.807) is 21.3 Å². The largest absolute Gasteiger partial charge is 0.506 e. The van der Waals surface area contributed by atoms with Gasteiger partial charge in [0, 0.05) is 12.7 Å². The lowest BCUT2D eigenvalue weighted by Gasteiger charge is -2.07. The summed E-state index contributed by atoms with van der Waals surface area (Å²) < 4.78 is 3.54. The molecule has 0 atom stereocenters. The number of aliphatic hydroxyl groups excluding tert-OH is 1. The molecular weight excluding hydrogens is 280 g/mol. The zero-order valence-corrected chi connectivity index (χ0v) is 12.5. The van der Waals surface area contributed by atoms with Crippen LogP contribution in [0.1, 0.15) is 17.0 Å². The molecule has 0 aliphatic rings. The molecule has 0 aliphatic carbocycles. The van der Waals surface area contributed by atoms with Crippen molar-refractivity contribution >= 4 is 11.0 Å². The Hall–Kier alpha value is -2.60. The fourth-order valence-corrected chi connectivity index (χ4v) is 2.61. The van der Waals surface area contributed by atoms with Crippen LogP contribution >= 0.6 is 0 Å². The SMILES string of the molecule is Cc1ccc(O)c(Cn2c(=N)n(C)c3ccc(CO)cc32)n1. The van der Waals surface area contributed by atoms with Gasteiger partial charge in [0.25, 0.3) is 0 Å².